The number of nitrogens with one attached hydrogen (secondary N) is 2. The number of hydrogen-bond donors (Lipinski definition) is 4. The zero-order valence-electron chi connectivity index (χ0n) is 26.9. The normalized spacial score (nSPS) is 15.2. The number of benzene rings is 2. The van der Waals surface area contributed by atoms with Crippen LogP contribution in [0.25, 0.3) is 11.4 Å². The second-order valence-electron chi connectivity index (χ2n) is 12.1. The summed E-state index contributed by atoms with van der Waals surface area (Å²) in [5, 5.41) is 2.93. The highest BCUT2D eigenvalue weighted by Crippen LogP contribution is 2.34. The zero-order valence-corrected chi connectivity index (χ0v) is 26.9. The van der Waals surface area contributed by atoms with Gasteiger partial charge in [-0.3, -0.25) is 20.2 Å². The van der Waals surface area contributed by atoms with E-state index in [9.17, 15) is 19.2 Å². The van der Waals surface area contributed by atoms with Crippen LogP contribution in [0.3, 0.4) is 0 Å². The average Bonchev–Trinajstić information content (AvgIpc) is 3.02. The first kappa shape index (κ1) is 35.3. The van der Waals surface area contributed by atoms with Crippen molar-refractivity contribution < 1.29 is 23.9 Å². The monoisotopic (exact) mass is 620 g/mol. The highest BCUT2D eigenvalue weighted by molar-refractivity contribution is 6.01. The van der Waals surface area contributed by atoms with Crippen molar-refractivity contribution in [2.24, 2.45) is 17.0 Å². The molecule has 3 rings (SSSR count). The molecular weight excluding hydrogens is 572 g/mol. The number of ether oxygens (including phenoxy) is 1. The molecule has 244 valence electrons. The van der Waals surface area contributed by atoms with Crippen molar-refractivity contribution in [3.63, 3.8) is 0 Å². The lowest BCUT2D eigenvalue weighted by molar-refractivity contribution is -0.132. The summed E-state index contributed by atoms with van der Waals surface area (Å²) >= 11 is 0. The molecule has 0 aromatic heterocycles. The Kier molecular flexibility index (Phi) is 13.1. The van der Waals surface area contributed by atoms with Gasteiger partial charge < -0.3 is 35.8 Å². The molecule has 0 bridgehead atoms. The van der Waals surface area contributed by atoms with Crippen molar-refractivity contribution in [2.75, 3.05) is 31.6 Å². The number of carbonyl (C=O) groups excluding carboxylic acids is 4. The van der Waals surface area contributed by atoms with Crippen LogP contribution >= 0.6 is 0 Å². The lowest BCUT2D eigenvalue weighted by atomic mass is 9.88. The molecule has 0 spiro atoms. The van der Waals surface area contributed by atoms with Gasteiger partial charge >= 0.3 is 0 Å². The van der Waals surface area contributed by atoms with Crippen molar-refractivity contribution in [1.29, 1.82) is 0 Å². The van der Waals surface area contributed by atoms with Gasteiger partial charge in [0.2, 0.25) is 17.7 Å². The molecule has 3 amide bonds. The molecule has 0 radical (unpaired) electrons. The number of nitrogens with zero attached hydrogens (tertiary/aromatic N) is 2. The largest absolute Gasteiger partial charge is 0.396 e. The van der Waals surface area contributed by atoms with Crippen LogP contribution in [-0.2, 0) is 30.5 Å². The number of hydrogen-bond acceptors (Lipinski definition) is 8. The van der Waals surface area contributed by atoms with E-state index in [0.717, 1.165) is 17.4 Å². The summed E-state index contributed by atoms with van der Waals surface area (Å²) in [5.41, 5.74) is 12.7. The Labute approximate surface area is 266 Å². The Morgan fingerprint density at radius 2 is 1.78 bits per heavy atom. The van der Waals surface area contributed by atoms with Crippen LogP contribution in [0.1, 0.15) is 76.0 Å². The third-order valence-corrected chi connectivity index (χ3v) is 8.19. The van der Waals surface area contributed by atoms with Crippen LogP contribution in [0.4, 0.5) is 5.69 Å². The van der Waals surface area contributed by atoms with Gasteiger partial charge in [-0.05, 0) is 37.8 Å². The molecule has 2 aromatic rings. The van der Waals surface area contributed by atoms with E-state index in [4.69, 9.17) is 16.3 Å². The molecule has 11 heteroatoms. The Morgan fingerprint density at radius 3 is 2.49 bits per heavy atom. The summed E-state index contributed by atoms with van der Waals surface area (Å²) in [5.74, 6) is 5.61. The number of anilines is 1. The standard InChI is InChI=1S/C34H48N6O5/c1-24(17-20-39(4)29(42)15-9-10-21-41)45-22-18-34(2,3)33(44)37-19-16-30(43)40-23-25-11-5-6-12-26(25)31(35)32(38-36)27-13-7-8-14-28(27)40/h5-8,11-14,21,24,38H,9-10,15-20,22-23,35-36H2,1-4H3,(H,37,44)/b32-31-. The van der Waals surface area contributed by atoms with Gasteiger partial charge in [-0.1, -0.05) is 56.3 Å². The molecule has 0 saturated heterocycles. The van der Waals surface area contributed by atoms with Crippen LogP contribution in [0.5, 0.6) is 0 Å². The van der Waals surface area contributed by atoms with E-state index in [1.54, 1.807) is 16.8 Å². The average molecular weight is 621 g/mol. The highest BCUT2D eigenvalue weighted by atomic mass is 16.5. The molecule has 1 atom stereocenters. The molecule has 6 N–H and O–H groups in total. The summed E-state index contributed by atoms with van der Waals surface area (Å²) in [6.07, 6.45) is 3.32. The van der Waals surface area contributed by atoms with Gasteiger partial charge in [-0.25, -0.2) is 0 Å². The van der Waals surface area contributed by atoms with Gasteiger partial charge in [0, 0.05) is 62.5 Å². The Morgan fingerprint density at radius 1 is 1.09 bits per heavy atom. The molecule has 1 aliphatic heterocycles. The maximum Gasteiger partial charge on any atom is 0.229 e. The molecule has 45 heavy (non-hydrogen) atoms. The fourth-order valence-electron chi connectivity index (χ4n) is 5.15. The first-order valence-corrected chi connectivity index (χ1v) is 15.5. The number of aldehydes is 1. The second-order valence-corrected chi connectivity index (χ2v) is 12.1. The van der Waals surface area contributed by atoms with Gasteiger partial charge in [0.15, 0.2) is 0 Å². The third kappa shape index (κ3) is 9.63. The Balaban J connectivity index is 1.52. The number of amides is 3. The van der Waals surface area contributed by atoms with Gasteiger partial charge in [0.1, 0.15) is 6.29 Å². The maximum atomic E-state index is 13.6. The van der Waals surface area contributed by atoms with Gasteiger partial charge in [-0.15, -0.1) is 0 Å². The van der Waals surface area contributed by atoms with E-state index in [1.807, 2.05) is 69.3 Å². The van der Waals surface area contributed by atoms with Crippen LogP contribution < -0.4 is 27.2 Å². The van der Waals surface area contributed by atoms with Crippen LogP contribution in [-0.4, -0.2) is 61.8 Å². The molecule has 11 nitrogen and oxygen atoms in total. The fraction of sp³-hybridized carbons (Fsp3) is 0.471. The number of rotatable bonds is 16. The second kappa shape index (κ2) is 16.7. The molecule has 1 heterocycles. The van der Waals surface area contributed by atoms with E-state index in [2.05, 4.69) is 10.7 Å². The predicted octanol–water partition coefficient (Wildman–Crippen LogP) is 3.33. The molecule has 1 unspecified atom stereocenters. The van der Waals surface area contributed by atoms with Gasteiger partial charge in [0.05, 0.1) is 29.7 Å². The van der Waals surface area contributed by atoms with Crippen LogP contribution in [0, 0.1) is 5.41 Å². The summed E-state index contributed by atoms with van der Waals surface area (Å²) in [7, 11) is 1.75. The zero-order chi connectivity index (χ0) is 33.0. The van der Waals surface area contributed by atoms with E-state index < -0.39 is 5.41 Å². The van der Waals surface area contributed by atoms with Crippen LogP contribution in [0.15, 0.2) is 48.5 Å². The number of fused-ring (bicyclic) bond motifs is 2. The first-order valence-electron chi connectivity index (χ1n) is 15.5. The molecule has 2 aromatic carbocycles. The minimum atomic E-state index is -0.704. The first-order chi connectivity index (χ1) is 21.5. The molecule has 1 aliphatic rings. The molecule has 0 saturated carbocycles. The van der Waals surface area contributed by atoms with Gasteiger partial charge in [-0.2, -0.15) is 0 Å². The van der Waals surface area contributed by atoms with E-state index in [-0.39, 0.29) is 36.8 Å². The fourth-order valence-corrected chi connectivity index (χ4v) is 5.15. The molecule has 0 fully saturated rings. The minimum Gasteiger partial charge on any atom is -0.396 e. The Bertz CT molecular complexity index is 1370. The summed E-state index contributed by atoms with van der Waals surface area (Å²) in [6, 6.07) is 15.1. The maximum absolute atomic E-state index is 13.6. The number of nitrogens with two attached hydrogens (primary N) is 2. The van der Waals surface area contributed by atoms with E-state index in [1.165, 1.54) is 0 Å². The summed E-state index contributed by atoms with van der Waals surface area (Å²) in [6.45, 7) is 7.10. The topological polar surface area (TPSA) is 160 Å². The number of hydrazine groups is 1. The lowest BCUT2D eigenvalue weighted by Gasteiger charge is -2.30. The number of carbonyl (C=O) groups is 4. The summed E-state index contributed by atoms with van der Waals surface area (Å²) in [4.78, 5) is 52.6. The van der Waals surface area contributed by atoms with Crippen molar-refractivity contribution in [3.8, 4) is 0 Å². The third-order valence-electron chi connectivity index (χ3n) is 8.19. The quantitative estimate of drug-likeness (QED) is 0.0962. The minimum absolute atomic E-state index is 0.0135. The molecular formula is C34H48N6O5. The van der Waals surface area contributed by atoms with E-state index >= 15 is 0 Å². The van der Waals surface area contributed by atoms with E-state index in [0.29, 0.717) is 74.4 Å². The summed E-state index contributed by atoms with van der Waals surface area (Å²) < 4.78 is 5.94. The highest BCUT2D eigenvalue weighted by Gasteiger charge is 2.29. The van der Waals surface area contributed by atoms with Crippen molar-refractivity contribution in [2.45, 2.75) is 71.9 Å². The van der Waals surface area contributed by atoms with Crippen LogP contribution in [0.2, 0.25) is 0 Å². The van der Waals surface area contributed by atoms with Crippen molar-refractivity contribution >= 4 is 41.1 Å². The predicted molar refractivity (Wildman–Crippen MR) is 176 cm³/mol. The number of para-hydroxylation sites is 1. The lowest BCUT2D eigenvalue weighted by Crippen LogP contribution is -2.41. The Hall–Kier alpha value is -4.22. The number of unbranched alkanes of at least 4 members (excludes halogenated alkanes) is 1. The van der Waals surface area contributed by atoms with Crippen molar-refractivity contribution in [1.82, 2.24) is 15.6 Å². The van der Waals surface area contributed by atoms with Gasteiger partial charge in [0.25, 0.3) is 0 Å². The molecule has 0 aliphatic carbocycles. The smallest absolute Gasteiger partial charge is 0.229 e. The SMILES string of the molecule is CC(CCN(C)C(=O)CCCC=O)OCCC(C)(C)C(=O)NCCC(=O)N1Cc2ccccc2/C(N)=C(/NN)c2ccccc21. The van der Waals surface area contributed by atoms with Crippen molar-refractivity contribution in [3.05, 3.63) is 65.2 Å².